The van der Waals surface area contributed by atoms with Gasteiger partial charge in [-0.2, -0.15) is 0 Å². The molecule has 0 N–H and O–H groups in total. The maximum absolute atomic E-state index is 13.6. The first kappa shape index (κ1) is 20.4. The van der Waals surface area contributed by atoms with E-state index < -0.39 is 13.7 Å². The Balaban J connectivity index is 3.68. The van der Waals surface area contributed by atoms with E-state index in [4.69, 9.17) is 4.74 Å². The summed E-state index contributed by atoms with van der Waals surface area (Å²) in [4.78, 5) is 13.6. The Labute approximate surface area is 144 Å². The van der Waals surface area contributed by atoms with E-state index in [0.29, 0.717) is 23.2 Å². The quantitative estimate of drug-likeness (QED) is 0.440. The lowest BCUT2D eigenvalue weighted by atomic mass is 9.88. The Hall–Kier alpha value is -0.673. The maximum Gasteiger partial charge on any atom is 0.191 e. The molecule has 0 radical (unpaired) electrons. The molecule has 1 aliphatic carbocycles. The van der Waals surface area contributed by atoms with Crippen LogP contribution in [0, 0.1) is 5.92 Å². The summed E-state index contributed by atoms with van der Waals surface area (Å²) in [5.41, 5.74) is 1.94. The van der Waals surface area contributed by atoms with Crippen molar-refractivity contribution >= 4 is 13.9 Å². The minimum Gasteiger partial charge on any atom is -0.362 e. The predicted octanol–water partition coefficient (Wildman–Crippen LogP) is 5.70. The van der Waals surface area contributed by atoms with Gasteiger partial charge in [-0.25, -0.2) is 0 Å². The third-order valence-electron chi connectivity index (χ3n) is 6.25. The molecule has 0 aromatic rings. The van der Waals surface area contributed by atoms with Crippen LogP contribution in [0.5, 0.6) is 0 Å². The first-order valence-corrected chi connectivity index (χ1v) is 11.3. The number of ether oxygens (including phenoxy) is 1. The third-order valence-corrected chi connectivity index (χ3v) is 13.5. The van der Waals surface area contributed by atoms with Crippen molar-refractivity contribution < 1.29 is 9.53 Å². The number of rotatable bonds is 7. The van der Waals surface area contributed by atoms with Gasteiger partial charge >= 0.3 is 0 Å². The summed E-state index contributed by atoms with van der Waals surface area (Å²) in [6.07, 6.45) is 1.75. The molecule has 3 heteroatoms. The highest BCUT2D eigenvalue weighted by Crippen LogP contribution is 2.54. The minimum atomic E-state index is -1.99. The van der Waals surface area contributed by atoms with Crippen molar-refractivity contribution in [2.24, 2.45) is 5.92 Å². The molecule has 0 aliphatic heterocycles. The standard InChI is InChI=1S/C20H36O2Si/c1-11-20(22-12-2)17(10)16(9)18(19(20)21)23(13(3)4,14(5)6)15(7)8/h11,13-15,17H,1,12H2,2-10H3/t17-,20-/m1/s1. The molecule has 0 saturated carbocycles. The highest BCUT2D eigenvalue weighted by molar-refractivity contribution is 6.94. The van der Waals surface area contributed by atoms with E-state index in [9.17, 15) is 4.79 Å². The Morgan fingerprint density at radius 1 is 1.17 bits per heavy atom. The molecule has 2 atom stereocenters. The van der Waals surface area contributed by atoms with Crippen LogP contribution in [0.3, 0.4) is 0 Å². The monoisotopic (exact) mass is 336 g/mol. The zero-order valence-electron chi connectivity index (χ0n) is 16.6. The van der Waals surface area contributed by atoms with Crippen molar-refractivity contribution in [3.63, 3.8) is 0 Å². The summed E-state index contributed by atoms with van der Waals surface area (Å²) >= 11 is 0. The van der Waals surface area contributed by atoms with Gasteiger partial charge in [0.1, 0.15) is 0 Å². The lowest BCUT2D eigenvalue weighted by Gasteiger charge is -2.45. The van der Waals surface area contributed by atoms with Gasteiger partial charge in [-0.05, 0) is 35.7 Å². The second-order valence-electron chi connectivity index (χ2n) is 7.94. The van der Waals surface area contributed by atoms with Crippen LogP contribution in [0.25, 0.3) is 0 Å². The molecular weight excluding hydrogens is 300 g/mol. The number of Topliss-reactive ketones (excluding diaryl/α,β-unsaturated/α-hetero) is 1. The van der Waals surface area contributed by atoms with Crippen LogP contribution < -0.4 is 0 Å². The molecule has 0 aromatic carbocycles. The van der Waals surface area contributed by atoms with Crippen LogP contribution in [0.15, 0.2) is 23.4 Å². The average Bonchev–Trinajstić information content (AvgIpc) is 2.63. The Kier molecular flexibility index (Phi) is 6.25. The van der Waals surface area contributed by atoms with E-state index >= 15 is 0 Å². The van der Waals surface area contributed by atoms with Gasteiger partial charge in [0, 0.05) is 12.5 Å². The van der Waals surface area contributed by atoms with E-state index in [-0.39, 0.29) is 11.7 Å². The molecule has 23 heavy (non-hydrogen) atoms. The molecule has 0 saturated heterocycles. The fourth-order valence-electron chi connectivity index (χ4n) is 5.27. The average molecular weight is 337 g/mol. The predicted molar refractivity (Wildman–Crippen MR) is 102 cm³/mol. The SMILES string of the molecule is C=C[C@]1(OCC)C(=O)C([Si](C(C)C)(C(C)C)C(C)C)=C(C)[C@H]1C. The van der Waals surface area contributed by atoms with E-state index in [2.05, 4.69) is 62.0 Å². The number of ketones is 1. The summed E-state index contributed by atoms with van der Waals surface area (Å²) in [5, 5.41) is 1.14. The highest BCUT2D eigenvalue weighted by Gasteiger charge is 2.59. The zero-order chi connectivity index (χ0) is 18.2. The molecule has 2 nitrogen and oxygen atoms in total. The smallest absolute Gasteiger partial charge is 0.191 e. The summed E-state index contributed by atoms with van der Waals surface area (Å²) < 4.78 is 6.01. The van der Waals surface area contributed by atoms with Crippen molar-refractivity contribution in [2.45, 2.75) is 84.5 Å². The summed E-state index contributed by atoms with van der Waals surface area (Å²) in [5.74, 6) is 0.271. The normalized spacial score (nSPS) is 26.1. The molecule has 0 bridgehead atoms. The van der Waals surface area contributed by atoms with Crippen LogP contribution >= 0.6 is 0 Å². The number of carbonyl (C=O) groups is 1. The van der Waals surface area contributed by atoms with Gasteiger partial charge in [0.15, 0.2) is 11.4 Å². The first-order chi connectivity index (χ1) is 10.5. The van der Waals surface area contributed by atoms with Crippen LogP contribution in [0.2, 0.25) is 16.6 Å². The largest absolute Gasteiger partial charge is 0.362 e. The lowest BCUT2D eigenvalue weighted by molar-refractivity contribution is -0.135. The van der Waals surface area contributed by atoms with Gasteiger partial charge in [-0.15, -0.1) is 0 Å². The molecule has 0 amide bonds. The van der Waals surface area contributed by atoms with Crippen molar-refractivity contribution in [2.75, 3.05) is 6.61 Å². The second-order valence-corrected chi connectivity index (χ2v) is 13.8. The lowest BCUT2D eigenvalue weighted by Crippen LogP contribution is -2.52. The third kappa shape index (κ3) is 2.70. The van der Waals surface area contributed by atoms with Gasteiger partial charge in [0.05, 0.1) is 8.07 Å². The van der Waals surface area contributed by atoms with E-state index in [1.54, 1.807) is 6.08 Å². The zero-order valence-corrected chi connectivity index (χ0v) is 17.6. The fourth-order valence-corrected chi connectivity index (χ4v) is 12.5. The van der Waals surface area contributed by atoms with Gasteiger partial charge in [0.25, 0.3) is 0 Å². The van der Waals surface area contributed by atoms with Gasteiger partial charge in [-0.3, -0.25) is 4.79 Å². The second kappa shape index (κ2) is 7.06. The van der Waals surface area contributed by atoms with Gasteiger partial charge in [-0.1, -0.05) is 66.7 Å². The fraction of sp³-hybridized carbons (Fsp3) is 0.750. The number of carbonyl (C=O) groups excluding carboxylic acids is 1. The summed E-state index contributed by atoms with van der Waals surface area (Å²) in [6.45, 7) is 24.5. The Morgan fingerprint density at radius 3 is 1.91 bits per heavy atom. The molecule has 1 aliphatic rings. The van der Waals surface area contributed by atoms with Crippen LogP contribution in [-0.4, -0.2) is 26.1 Å². The molecule has 0 unspecified atom stereocenters. The van der Waals surface area contributed by atoms with Crippen LogP contribution in [-0.2, 0) is 9.53 Å². The Bertz CT molecular complexity index is 480. The number of hydrogen-bond donors (Lipinski definition) is 0. The van der Waals surface area contributed by atoms with Crippen molar-refractivity contribution in [1.29, 1.82) is 0 Å². The van der Waals surface area contributed by atoms with E-state index in [1.165, 1.54) is 5.57 Å². The van der Waals surface area contributed by atoms with Gasteiger partial charge in [0.2, 0.25) is 0 Å². The minimum absolute atomic E-state index is 0.0746. The molecule has 132 valence electrons. The molecule has 1 rings (SSSR count). The van der Waals surface area contributed by atoms with Crippen LogP contribution in [0.4, 0.5) is 0 Å². The Morgan fingerprint density at radius 2 is 1.61 bits per heavy atom. The molecule has 0 spiro atoms. The van der Waals surface area contributed by atoms with Crippen molar-refractivity contribution in [3.05, 3.63) is 23.4 Å². The van der Waals surface area contributed by atoms with E-state index in [1.807, 2.05) is 6.92 Å². The molecule has 0 aromatic heterocycles. The van der Waals surface area contributed by atoms with Gasteiger partial charge < -0.3 is 4.74 Å². The number of hydrogen-bond acceptors (Lipinski definition) is 2. The van der Waals surface area contributed by atoms with Crippen molar-refractivity contribution in [3.8, 4) is 0 Å². The van der Waals surface area contributed by atoms with Crippen molar-refractivity contribution in [1.82, 2.24) is 0 Å². The molecule has 0 heterocycles. The topological polar surface area (TPSA) is 26.3 Å². The highest BCUT2D eigenvalue weighted by atomic mass is 28.3. The summed E-state index contributed by atoms with van der Waals surface area (Å²) in [6, 6.07) is 0. The molecular formula is C20H36O2Si. The molecule has 0 fully saturated rings. The summed E-state index contributed by atoms with van der Waals surface area (Å²) in [7, 11) is -1.99. The van der Waals surface area contributed by atoms with E-state index in [0.717, 1.165) is 5.20 Å². The van der Waals surface area contributed by atoms with Crippen LogP contribution in [0.1, 0.15) is 62.3 Å². The first-order valence-electron chi connectivity index (χ1n) is 9.09. The maximum atomic E-state index is 13.6.